The van der Waals surface area contributed by atoms with Crippen LogP contribution in [0.1, 0.15) is 29.0 Å². The van der Waals surface area contributed by atoms with E-state index in [1.807, 2.05) is 31.2 Å². The van der Waals surface area contributed by atoms with E-state index in [2.05, 4.69) is 17.2 Å². The van der Waals surface area contributed by atoms with Crippen LogP contribution in [-0.2, 0) is 13.0 Å². The number of rotatable bonds is 8. The summed E-state index contributed by atoms with van der Waals surface area (Å²) in [6.45, 7) is 6.06. The van der Waals surface area contributed by atoms with Crippen molar-refractivity contribution in [2.45, 2.75) is 25.9 Å². The number of halogens is 1. The number of benzene rings is 1. The molecule has 0 aliphatic carbocycles. The van der Waals surface area contributed by atoms with Gasteiger partial charge in [-0.05, 0) is 43.2 Å². The van der Waals surface area contributed by atoms with Crippen LogP contribution in [0.25, 0.3) is 0 Å². The lowest BCUT2D eigenvalue weighted by Crippen LogP contribution is -2.36. The van der Waals surface area contributed by atoms with E-state index in [0.29, 0.717) is 28.8 Å². The predicted molar refractivity (Wildman–Crippen MR) is 107 cm³/mol. The molecule has 26 heavy (non-hydrogen) atoms. The number of hydrogen-bond acceptors (Lipinski definition) is 4. The molecule has 2 N–H and O–H groups in total. The zero-order chi connectivity index (χ0) is 19.1. The number of methoxy groups -OCH3 is 2. The van der Waals surface area contributed by atoms with E-state index >= 15 is 0 Å². The molecule has 1 atom stereocenters. The maximum Gasteiger partial charge on any atom is 0.315 e. The first-order valence-electron chi connectivity index (χ1n) is 8.12. The van der Waals surface area contributed by atoms with Crippen LogP contribution in [0.4, 0.5) is 4.79 Å². The SMILES string of the molecule is C=CCc1cc(CNC(=O)NC(C)c2ccc(Cl)s2)cc(OC)c1OC. The van der Waals surface area contributed by atoms with E-state index in [-0.39, 0.29) is 12.1 Å². The minimum Gasteiger partial charge on any atom is -0.493 e. The third-order valence-electron chi connectivity index (χ3n) is 3.80. The van der Waals surface area contributed by atoms with E-state index in [4.69, 9.17) is 21.1 Å². The van der Waals surface area contributed by atoms with E-state index in [0.717, 1.165) is 16.0 Å². The average molecular weight is 395 g/mol. The predicted octanol–water partition coefficient (Wildman–Crippen LogP) is 4.71. The summed E-state index contributed by atoms with van der Waals surface area (Å²) in [5.41, 5.74) is 1.88. The fourth-order valence-electron chi connectivity index (χ4n) is 2.58. The number of ether oxygens (including phenoxy) is 2. The molecule has 0 saturated carbocycles. The lowest BCUT2D eigenvalue weighted by molar-refractivity contribution is 0.237. The Bertz CT molecular complexity index is 776. The number of amides is 2. The fourth-order valence-corrected chi connectivity index (χ4v) is 3.64. The summed E-state index contributed by atoms with van der Waals surface area (Å²) < 4.78 is 11.5. The van der Waals surface area contributed by atoms with Crippen molar-refractivity contribution < 1.29 is 14.3 Å². The third-order valence-corrected chi connectivity index (χ3v) is 5.22. The second-order valence-corrected chi connectivity index (χ2v) is 7.42. The molecular formula is C19H23ClN2O3S. The molecule has 2 rings (SSSR count). The highest BCUT2D eigenvalue weighted by molar-refractivity contribution is 7.16. The Morgan fingerprint density at radius 1 is 1.35 bits per heavy atom. The first-order chi connectivity index (χ1) is 12.5. The van der Waals surface area contributed by atoms with Crippen molar-refractivity contribution in [3.05, 3.63) is 57.3 Å². The zero-order valence-electron chi connectivity index (χ0n) is 15.1. The highest BCUT2D eigenvalue weighted by Crippen LogP contribution is 2.33. The van der Waals surface area contributed by atoms with Crippen molar-refractivity contribution in [1.29, 1.82) is 0 Å². The molecule has 5 nitrogen and oxygen atoms in total. The van der Waals surface area contributed by atoms with Crippen molar-refractivity contribution in [3.63, 3.8) is 0 Å². The molecule has 0 fully saturated rings. The second-order valence-electron chi connectivity index (χ2n) is 5.67. The van der Waals surface area contributed by atoms with Crippen molar-refractivity contribution in [1.82, 2.24) is 10.6 Å². The number of nitrogens with one attached hydrogen (secondary N) is 2. The van der Waals surface area contributed by atoms with Crippen LogP contribution < -0.4 is 20.1 Å². The molecule has 1 aromatic carbocycles. The van der Waals surface area contributed by atoms with E-state index < -0.39 is 0 Å². The van der Waals surface area contributed by atoms with Crippen molar-refractivity contribution >= 4 is 29.0 Å². The maximum atomic E-state index is 12.2. The van der Waals surface area contributed by atoms with Crippen LogP contribution in [-0.4, -0.2) is 20.3 Å². The second kappa shape index (κ2) is 9.50. The van der Waals surface area contributed by atoms with Gasteiger partial charge in [0, 0.05) is 17.0 Å². The quantitative estimate of drug-likeness (QED) is 0.637. The van der Waals surface area contributed by atoms with Gasteiger partial charge < -0.3 is 20.1 Å². The molecule has 140 valence electrons. The lowest BCUT2D eigenvalue weighted by atomic mass is 10.1. The Labute approximate surface area is 163 Å². The zero-order valence-corrected chi connectivity index (χ0v) is 16.7. The highest BCUT2D eigenvalue weighted by atomic mass is 35.5. The number of carbonyl (C=O) groups is 1. The summed E-state index contributed by atoms with van der Waals surface area (Å²) in [4.78, 5) is 13.2. The number of urea groups is 1. The molecule has 0 saturated heterocycles. The largest absolute Gasteiger partial charge is 0.493 e. The first-order valence-corrected chi connectivity index (χ1v) is 9.32. The average Bonchev–Trinajstić information content (AvgIpc) is 3.06. The van der Waals surface area contributed by atoms with Gasteiger partial charge in [-0.2, -0.15) is 0 Å². The monoisotopic (exact) mass is 394 g/mol. The smallest absolute Gasteiger partial charge is 0.315 e. The molecular weight excluding hydrogens is 372 g/mol. The fraction of sp³-hybridized carbons (Fsp3) is 0.316. The van der Waals surface area contributed by atoms with Crippen LogP contribution in [0.5, 0.6) is 11.5 Å². The van der Waals surface area contributed by atoms with Crippen LogP contribution >= 0.6 is 22.9 Å². The Balaban J connectivity index is 2.02. The Morgan fingerprint density at radius 2 is 2.12 bits per heavy atom. The van der Waals surface area contributed by atoms with Gasteiger partial charge in [0.05, 0.1) is 24.6 Å². The van der Waals surface area contributed by atoms with Gasteiger partial charge in [-0.15, -0.1) is 17.9 Å². The topological polar surface area (TPSA) is 59.6 Å². The molecule has 0 radical (unpaired) electrons. The Morgan fingerprint density at radius 3 is 2.69 bits per heavy atom. The summed E-state index contributed by atoms with van der Waals surface area (Å²) in [5.74, 6) is 1.31. The summed E-state index contributed by atoms with van der Waals surface area (Å²) >= 11 is 7.39. The molecule has 0 aliphatic rings. The summed E-state index contributed by atoms with van der Waals surface area (Å²) in [6.07, 6.45) is 2.45. The molecule has 1 aromatic heterocycles. The number of thiophene rings is 1. The summed E-state index contributed by atoms with van der Waals surface area (Å²) in [7, 11) is 3.20. The molecule has 2 aromatic rings. The van der Waals surface area contributed by atoms with Crippen molar-refractivity contribution in [3.8, 4) is 11.5 Å². The van der Waals surface area contributed by atoms with Gasteiger partial charge in [-0.25, -0.2) is 4.79 Å². The highest BCUT2D eigenvalue weighted by Gasteiger charge is 2.14. The van der Waals surface area contributed by atoms with Gasteiger partial charge in [0.15, 0.2) is 11.5 Å². The number of hydrogen-bond donors (Lipinski definition) is 2. The van der Waals surface area contributed by atoms with Crippen LogP contribution in [0.15, 0.2) is 36.9 Å². The molecule has 1 unspecified atom stereocenters. The number of carbonyl (C=O) groups excluding carboxylic acids is 1. The van der Waals surface area contributed by atoms with Gasteiger partial charge in [0.25, 0.3) is 0 Å². The van der Waals surface area contributed by atoms with Gasteiger partial charge in [-0.3, -0.25) is 0 Å². The first kappa shape index (κ1) is 20.1. The lowest BCUT2D eigenvalue weighted by Gasteiger charge is -2.16. The van der Waals surface area contributed by atoms with Gasteiger partial charge in [0.2, 0.25) is 0 Å². The van der Waals surface area contributed by atoms with Gasteiger partial charge >= 0.3 is 6.03 Å². The molecule has 1 heterocycles. The molecule has 0 bridgehead atoms. The van der Waals surface area contributed by atoms with E-state index in [1.165, 1.54) is 11.3 Å². The van der Waals surface area contributed by atoms with Crippen LogP contribution in [0.2, 0.25) is 4.34 Å². The maximum absolute atomic E-state index is 12.2. The molecule has 0 aliphatic heterocycles. The molecule has 2 amide bonds. The minimum absolute atomic E-state index is 0.116. The van der Waals surface area contributed by atoms with Gasteiger partial charge in [0.1, 0.15) is 0 Å². The Kier molecular flexibility index (Phi) is 7.36. The van der Waals surface area contributed by atoms with Crippen molar-refractivity contribution in [2.24, 2.45) is 0 Å². The van der Waals surface area contributed by atoms with Gasteiger partial charge in [-0.1, -0.05) is 17.7 Å². The summed E-state index contributed by atoms with van der Waals surface area (Å²) in [6, 6.07) is 7.20. The minimum atomic E-state index is -0.248. The number of allylic oxidation sites excluding steroid dienone is 1. The normalized spacial score (nSPS) is 11.5. The van der Waals surface area contributed by atoms with Crippen LogP contribution in [0.3, 0.4) is 0 Å². The Hall–Kier alpha value is -2.18. The van der Waals surface area contributed by atoms with E-state index in [9.17, 15) is 4.79 Å². The van der Waals surface area contributed by atoms with E-state index in [1.54, 1.807) is 20.3 Å². The van der Waals surface area contributed by atoms with Crippen molar-refractivity contribution in [2.75, 3.05) is 14.2 Å². The standard InChI is InChI=1S/C19H23ClN2O3S/c1-5-6-14-9-13(10-15(24-3)18(14)25-4)11-21-19(23)22-12(2)16-7-8-17(20)26-16/h5,7-10,12H,1,6,11H2,2-4H3,(H2,21,22,23). The molecule has 0 spiro atoms. The third kappa shape index (κ3) is 5.16. The summed E-state index contributed by atoms with van der Waals surface area (Å²) in [5, 5.41) is 5.76. The molecule has 7 heteroatoms. The van der Waals surface area contributed by atoms with Crippen LogP contribution in [0, 0.1) is 0 Å².